The molecule has 5 rings (SSSR count). The fourth-order valence-electron chi connectivity index (χ4n) is 4.41. The van der Waals surface area contributed by atoms with Crippen molar-refractivity contribution in [2.45, 2.75) is 25.6 Å². The molecule has 0 radical (unpaired) electrons. The smallest absolute Gasteiger partial charge is 0.240 e. The van der Waals surface area contributed by atoms with E-state index in [0.29, 0.717) is 47.2 Å². The first-order valence-electron chi connectivity index (χ1n) is 11.8. The Morgan fingerprint density at radius 2 is 1.74 bits per heavy atom. The number of nitrogens with zero attached hydrogens (tertiary/aromatic N) is 3. The van der Waals surface area contributed by atoms with Crippen LogP contribution in [0.5, 0.6) is 0 Å². The maximum absolute atomic E-state index is 14.1. The SMILES string of the molecule is N[C@@H](Cc1ccc(F)c(F)c1)C(=O)N1CCn2c(nc(-c3ccc(F)cc3)c2Nc2ccc(Cl)c(F)c2)C1. The third kappa shape index (κ3) is 5.23. The number of fused-ring (bicyclic) bond motifs is 1. The second kappa shape index (κ2) is 10.5. The number of imidazole rings is 1. The first kappa shape index (κ1) is 25.7. The van der Waals surface area contributed by atoms with Crippen LogP contribution in [-0.4, -0.2) is 32.9 Å². The molecule has 11 heteroatoms. The summed E-state index contributed by atoms with van der Waals surface area (Å²) in [6.07, 6.45) is 0.0384. The van der Waals surface area contributed by atoms with Crippen molar-refractivity contribution in [3.05, 3.63) is 100 Å². The van der Waals surface area contributed by atoms with Crippen LogP contribution in [0.2, 0.25) is 5.02 Å². The van der Waals surface area contributed by atoms with Crippen molar-refractivity contribution in [3.8, 4) is 11.3 Å². The van der Waals surface area contributed by atoms with Crippen molar-refractivity contribution in [2.75, 3.05) is 11.9 Å². The number of carbonyl (C=O) groups is 1. The number of hydrogen-bond donors (Lipinski definition) is 2. The topological polar surface area (TPSA) is 76.2 Å². The van der Waals surface area contributed by atoms with Gasteiger partial charge in [-0.2, -0.15) is 0 Å². The van der Waals surface area contributed by atoms with E-state index >= 15 is 0 Å². The minimum Gasteiger partial charge on any atom is -0.340 e. The molecule has 1 aliphatic heterocycles. The summed E-state index contributed by atoms with van der Waals surface area (Å²) in [6, 6.07) is 12.5. The van der Waals surface area contributed by atoms with E-state index in [1.54, 1.807) is 23.1 Å². The molecule has 2 heterocycles. The van der Waals surface area contributed by atoms with Crippen LogP contribution in [-0.2, 0) is 24.3 Å². The molecule has 0 fully saturated rings. The first-order chi connectivity index (χ1) is 18.2. The number of anilines is 2. The number of amides is 1. The van der Waals surface area contributed by atoms with Gasteiger partial charge >= 0.3 is 0 Å². The van der Waals surface area contributed by atoms with Gasteiger partial charge < -0.3 is 20.5 Å². The van der Waals surface area contributed by atoms with Crippen molar-refractivity contribution >= 4 is 29.0 Å². The Bertz CT molecular complexity index is 1510. The predicted molar refractivity (Wildman–Crippen MR) is 136 cm³/mol. The quantitative estimate of drug-likeness (QED) is 0.319. The molecule has 0 spiro atoms. The molecule has 3 aromatic carbocycles. The summed E-state index contributed by atoms with van der Waals surface area (Å²) in [4.78, 5) is 19.4. The summed E-state index contributed by atoms with van der Waals surface area (Å²) in [5.41, 5.74) is 8.09. The average Bonchev–Trinajstić information content (AvgIpc) is 3.25. The van der Waals surface area contributed by atoms with E-state index in [1.807, 2.05) is 4.57 Å². The van der Waals surface area contributed by atoms with E-state index < -0.39 is 29.3 Å². The zero-order valence-corrected chi connectivity index (χ0v) is 20.7. The van der Waals surface area contributed by atoms with Gasteiger partial charge in [-0.15, -0.1) is 0 Å². The van der Waals surface area contributed by atoms with Gasteiger partial charge in [-0.25, -0.2) is 22.5 Å². The van der Waals surface area contributed by atoms with E-state index in [9.17, 15) is 22.4 Å². The summed E-state index contributed by atoms with van der Waals surface area (Å²) in [5, 5.41) is 3.17. The summed E-state index contributed by atoms with van der Waals surface area (Å²) >= 11 is 5.82. The zero-order chi connectivity index (χ0) is 27.0. The Kier molecular flexibility index (Phi) is 7.09. The standard InChI is InChI=1S/C27H22ClF4N5O/c28-19-7-6-18(13-21(19)31)34-26-25(16-2-4-17(29)5-3-16)35-24-14-36(9-10-37(24)26)27(38)23(33)12-15-1-8-20(30)22(32)11-15/h1-8,11,13,23,34H,9-10,12,14,33H2/t23-/m0/s1. The Morgan fingerprint density at radius 1 is 0.974 bits per heavy atom. The number of aromatic nitrogens is 2. The third-order valence-corrected chi connectivity index (χ3v) is 6.65. The number of nitrogens with one attached hydrogen (secondary N) is 1. The van der Waals surface area contributed by atoms with Gasteiger partial charge in [0, 0.05) is 24.3 Å². The van der Waals surface area contributed by atoms with Gasteiger partial charge in [0.1, 0.15) is 29.0 Å². The maximum Gasteiger partial charge on any atom is 0.240 e. The lowest BCUT2D eigenvalue weighted by atomic mass is 10.0. The molecule has 38 heavy (non-hydrogen) atoms. The molecular weight excluding hydrogens is 522 g/mol. The molecule has 1 aromatic heterocycles. The number of nitrogens with two attached hydrogens (primary N) is 1. The van der Waals surface area contributed by atoms with Gasteiger partial charge in [0.25, 0.3) is 0 Å². The Labute approximate surface area is 220 Å². The van der Waals surface area contributed by atoms with Crippen molar-refractivity contribution in [1.82, 2.24) is 14.5 Å². The second-order valence-corrected chi connectivity index (χ2v) is 9.36. The van der Waals surface area contributed by atoms with E-state index in [0.717, 1.165) is 12.1 Å². The van der Waals surface area contributed by atoms with Gasteiger partial charge in [-0.05, 0) is 66.6 Å². The monoisotopic (exact) mass is 543 g/mol. The molecule has 1 aliphatic rings. The highest BCUT2D eigenvalue weighted by molar-refractivity contribution is 6.30. The van der Waals surface area contributed by atoms with Crippen molar-refractivity contribution in [1.29, 1.82) is 0 Å². The lowest BCUT2D eigenvalue weighted by Crippen LogP contribution is -2.47. The van der Waals surface area contributed by atoms with Crippen LogP contribution in [0.4, 0.5) is 29.1 Å². The van der Waals surface area contributed by atoms with E-state index in [4.69, 9.17) is 22.3 Å². The minimum absolute atomic E-state index is 0.0153. The third-order valence-electron chi connectivity index (χ3n) is 6.34. The van der Waals surface area contributed by atoms with Crippen LogP contribution in [0.25, 0.3) is 11.3 Å². The van der Waals surface area contributed by atoms with Gasteiger partial charge in [0.05, 0.1) is 17.6 Å². The van der Waals surface area contributed by atoms with Gasteiger partial charge in [-0.3, -0.25) is 4.79 Å². The number of hydrogen-bond acceptors (Lipinski definition) is 4. The molecule has 1 amide bonds. The van der Waals surface area contributed by atoms with Gasteiger partial charge in [0.15, 0.2) is 11.6 Å². The minimum atomic E-state index is -1.00. The highest BCUT2D eigenvalue weighted by Gasteiger charge is 2.29. The van der Waals surface area contributed by atoms with Crippen LogP contribution >= 0.6 is 11.6 Å². The van der Waals surface area contributed by atoms with Gasteiger partial charge in [0.2, 0.25) is 5.91 Å². The molecule has 0 saturated carbocycles. The summed E-state index contributed by atoms with van der Waals surface area (Å²) in [5.74, 6) is -2.24. The zero-order valence-electron chi connectivity index (χ0n) is 19.9. The van der Waals surface area contributed by atoms with Crippen molar-refractivity contribution < 1.29 is 22.4 Å². The normalized spacial score (nSPS) is 13.8. The van der Waals surface area contributed by atoms with E-state index in [1.165, 1.54) is 30.3 Å². The van der Waals surface area contributed by atoms with Crippen molar-refractivity contribution in [2.24, 2.45) is 5.73 Å². The highest BCUT2D eigenvalue weighted by atomic mass is 35.5. The number of halogens is 5. The van der Waals surface area contributed by atoms with Crippen LogP contribution in [0.1, 0.15) is 11.4 Å². The average molecular weight is 544 g/mol. The molecule has 1 atom stereocenters. The fraction of sp³-hybridized carbons (Fsp3) is 0.185. The lowest BCUT2D eigenvalue weighted by molar-refractivity contribution is -0.134. The van der Waals surface area contributed by atoms with Gasteiger partial charge in [-0.1, -0.05) is 17.7 Å². The Balaban J connectivity index is 1.42. The fourth-order valence-corrected chi connectivity index (χ4v) is 4.53. The number of benzene rings is 3. The molecule has 3 N–H and O–H groups in total. The summed E-state index contributed by atoms with van der Waals surface area (Å²) < 4.78 is 56.4. The van der Waals surface area contributed by atoms with Crippen LogP contribution in [0.3, 0.4) is 0 Å². The molecule has 0 saturated heterocycles. The summed E-state index contributed by atoms with van der Waals surface area (Å²) in [6.45, 7) is 0.793. The van der Waals surface area contributed by atoms with E-state index in [2.05, 4.69) is 5.32 Å². The molecule has 0 bridgehead atoms. The van der Waals surface area contributed by atoms with Crippen LogP contribution in [0.15, 0.2) is 60.7 Å². The molecule has 6 nitrogen and oxygen atoms in total. The second-order valence-electron chi connectivity index (χ2n) is 8.96. The van der Waals surface area contributed by atoms with Crippen molar-refractivity contribution in [3.63, 3.8) is 0 Å². The molecular formula is C27H22ClF4N5O. The Morgan fingerprint density at radius 3 is 2.45 bits per heavy atom. The van der Waals surface area contributed by atoms with Crippen LogP contribution < -0.4 is 11.1 Å². The molecule has 4 aromatic rings. The first-order valence-corrected chi connectivity index (χ1v) is 12.1. The maximum atomic E-state index is 14.1. The highest BCUT2D eigenvalue weighted by Crippen LogP contribution is 2.34. The lowest BCUT2D eigenvalue weighted by Gasteiger charge is -2.30. The van der Waals surface area contributed by atoms with Crippen LogP contribution in [0, 0.1) is 23.3 Å². The molecule has 0 aliphatic carbocycles. The predicted octanol–water partition coefficient (Wildman–Crippen LogP) is 5.42. The Hall–Kier alpha value is -3.89. The number of carbonyl (C=O) groups excluding carboxylic acids is 1. The number of rotatable bonds is 6. The largest absolute Gasteiger partial charge is 0.340 e. The molecule has 0 unspecified atom stereocenters. The van der Waals surface area contributed by atoms with E-state index in [-0.39, 0.29) is 23.9 Å². The summed E-state index contributed by atoms with van der Waals surface area (Å²) in [7, 11) is 0. The molecule has 196 valence electrons.